The smallest absolute Gasteiger partial charge is 0.141 e. The maximum Gasteiger partial charge on any atom is 0.141 e. The number of nitrogens with two attached hydrogens (primary N) is 1. The standard InChI is InChI=1S/C11H15NO2/c1-7-8(2)11(14-3)5-4-9(7)10(12)6-13/h4-6,10H,12H2,1-3H3. The molecule has 0 saturated carbocycles. The number of benzene rings is 1. The van der Waals surface area contributed by atoms with Gasteiger partial charge in [0.2, 0.25) is 0 Å². The van der Waals surface area contributed by atoms with Gasteiger partial charge in [-0.1, -0.05) is 6.07 Å². The van der Waals surface area contributed by atoms with Crippen LogP contribution in [-0.4, -0.2) is 13.4 Å². The van der Waals surface area contributed by atoms with E-state index in [1.807, 2.05) is 26.0 Å². The minimum Gasteiger partial charge on any atom is -0.496 e. The van der Waals surface area contributed by atoms with Crippen molar-refractivity contribution in [3.05, 3.63) is 28.8 Å². The van der Waals surface area contributed by atoms with E-state index in [2.05, 4.69) is 0 Å². The molecule has 0 saturated heterocycles. The van der Waals surface area contributed by atoms with Gasteiger partial charge < -0.3 is 15.3 Å². The minimum absolute atomic E-state index is 0.542. The van der Waals surface area contributed by atoms with Crippen LogP contribution in [0, 0.1) is 13.8 Å². The molecule has 0 spiro atoms. The van der Waals surface area contributed by atoms with Crippen LogP contribution in [0.25, 0.3) is 0 Å². The summed E-state index contributed by atoms with van der Waals surface area (Å²) in [5.41, 5.74) is 8.55. The molecule has 0 heterocycles. The Morgan fingerprint density at radius 3 is 2.50 bits per heavy atom. The number of ether oxygens (including phenoxy) is 1. The van der Waals surface area contributed by atoms with Crippen LogP contribution in [0.2, 0.25) is 0 Å². The van der Waals surface area contributed by atoms with Crippen molar-refractivity contribution in [1.29, 1.82) is 0 Å². The number of carbonyl (C=O) groups excluding carboxylic acids is 1. The third kappa shape index (κ3) is 1.77. The summed E-state index contributed by atoms with van der Waals surface area (Å²) in [5, 5.41) is 0. The van der Waals surface area contributed by atoms with E-state index in [0.717, 1.165) is 28.7 Å². The van der Waals surface area contributed by atoms with Gasteiger partial charge in [0.1, 0.15) is 12.0 Å². The molecule has 1 unspecified atom stereocenters. The van der Waals surface area contributed by atoms with Gasteiger partial charge in [-0.05, 0) is 36.6 Å². The van der Waals surface area contributed by atoms with E-state index in [1.54, 1.807) is 7.11 Å². The number of hydrogen-bond acceptors (Lipinski definition) is 3. The quantitative estimate of drug-likeness (QED) is 0.740. The fourth-order valence-corrected chi connectivity index (χ4v) is 1.47. The minimum atomic E-state index is -0.542. The fourth-order valence-electron chi connectivity index (χ4n) is 1.47. The Morgan fingerprint density at radius 1 is 1.36 bits per heavy atom. The van der Waals surface area contributed by atoms with Gasteiger partial charge in [0.05, 0.1) is 13.2 Å². The molecule has 0 aliphatic heterocycles. The van der Waals surface area contributed by atoms with E-state index < -0.39 is 6.04 Å². The van der Waals surface area contributed by atoms with Crippen molar-refractivity contribution in [1.82, 2.24) is 0 Å². The molecular formula is C11H15NO2. The van der Waals surface area contributed by atoms with Crippen LogP contribution in [-0.2, 0) is 4.79 Å². The van der Waals surface area contributed by atoms with Gasteiger partial charge in [0, 0.05) is 0 Å². The van der Waals surface area contributed by atoms with Gasteiger partial charge in [-0.2, -0.15) is 0 Å². The molecule has 14 heavy (non-hydrogen) atoms. The summed E-state index contributed by atoms with van der Waals surface area (Å²) in [6.45, 7) is 3.89. The molecule has 0 fully saturated rings. The summed E-state index contributed by atoms with van der Waals surface area (Å²) >= 11 is 0. The molecule has 0 aliphatic carbocycles. The second kappa shape index (κ2) is 4.24. The number of rotatable bonds is 3. The second-order valence-electron chi connectivity index (χ2n) is 3.27. The van der Waals surface area contributed by atoms with Crippen LogP contribution in [0.4, 0.5) is 0 Å². The molecule has 0 aromatic heterocycles. The molecule has 1 aromatic carbocycles. The number of hydrogen-bond donors (Lipinski definition) is 1. The first-order chi connectivity index (χ1) is 6.61. The molecule has 1 atom stereocenters. The molecule has 0 bridgehead atoms. The Labute approximate surface area is 83.9 Å². The van der Waals surface area contributed by atoms with Crippen LogP contribution >= 0.6 is 0 Å². The largest absolute Gasteiger partial charge is 0.496 e. The molecule has 1 aromatic rings. The fraction of sp³-hybridized carbons (Fsp3) is 0.364. The second-order valence-corrected chi connectivity index (χ2v) is 3.27. The van der Waals surface area contributed by atoms with Crippen LogP contribution in [0.3, 0.4) is 0 Å². The Balaban J connectivity index is 3.23. The lowest BCUT2D eigenvalue weighted by atomic mass is 9.98. The average molecular weight is 193 g/mol. The SMILES string of the molecule is COc1ccc(C(N)C=O)c(C)c1C. The van der Waals surface area contributed by atoms with Crippen molar-refractivity contribution in [2.45, 2.75) is 19.9 Å². The van der Waals surface area contributed by atoms with E-state index in [0.29, 0.717) is 0 Å². The summed E-state index contributed by atoms with van der Waals surface area (Å²) in [6.07, 6.45) is 0.744. The van der Waals surface area contributed by atoms with Crippen LogP contribution in [0.1, 0.15) is 22.7 Å². The third-order valence-electron chi connectivity index (χ3n) is 2.51. The van der Waals surface area contributed by atoms with E-state index in [9.17, 15) is 4.79 Å². The van der Waals surface area contributed by atoms with Crippen LogP contribution in [0.5, 0.6) is 5.75 Å². The Morgan fingerprint density at radius 2 is 2.00 bits per heavy atom. The van der Waals surface area contributed by atoms with Gasteiger partial charge in [0.25, 0.3) is 0 Å². The lowest BCUT2D eigenvalue weighted by Crippen LogP contribution is -2.13. The van der Waals surface area contributed by atoms with Crippen LogP contribution in [0.15, 0.2) is 12.1 Å². The zero-order chi connectivity index (χ0) is 10.7. The van der Waals surface area contributed by atoms with Crippen molar-refractivity contribution in [2.24, 2.45) is 5.73 Å². The summed E-state index contributed by atoms with van der Waals surface area (Å²) in [7, 11) is 1.63. The summed E-state index contributed by atoms with van der Waals surface area (Å²) in [5.74, 6) is 0.823. The first-order valence-electron chi connectivity index (χ1n) is 4.46. The van der Waals surface area contributed by atoms with Crippen molar-refractivity contribution in [3.8, 4) is 5.75 Å². The normalized spacial score (nSPS) is 12.3. The van der Waals surface area contributed by atoms with Gasteiger partial charge in [0.15, 0.2) is 0 Å². The van der Waals surface area contributed by atoms with E-state index in [4.69, 9.17) is 10.5 Å². The van der Waals surface area contributed by atoms with Gasteiger partial charge in [-0.25, -0.2) is 0 Å². The molecular weight excluding hydrogens is 178 g/mol. The molecule has 0 amide bonds. The van der Waals surface area contributed by atoms with Crippen molar-refractivity contribution < 1.29 is 9.53 Å². The highest BCUT2D eigenvalue weighted by Gasteiger charge is 2.11. The predicted octanol–water partition coefficient (Wildman–Crippen LogP) is 1.51. The number of methoxy groups -OCH3 is 1. The highest BCUT2D eigenvalue weighted by molar-refractivity contribution is 5.63. The molecule has 3 heteroatoms. The maximum atomic E-state index is 10.6. The summed E-state index contributed by atoms with van der Waals surface area (Å²) in [6, 6.07) is 3.13. The van der Waals surface area contributed by atoms with E-state index >= 15 is 0 Å². The monoisotopic (exact) mass is 193 g/mol. The highest BCUT2D eigenvalue weighted by Crippen LogP contribution is 2.26. The number of aldehydes is 1. The maximum absolute atomic E-state index is 10.6. The lowest BCUT2D eigenvalue weighted by molar-refractivity contribution is -0.109. The molecule has 0 aliphatic rings. The van der Waals surface area contributed by atoms with Crippen molar-refractivity contribution in [2.75, 3.05) is 7.11 Å². The molecule has 1 rings (SSSR count). The van der Waals surface area contributed by atoms with Crippen molar-refractivity contribution in [3.63, 3.8) is 0 Å². The molecule has 76 valence electrons. The number of carbonyl (C=O) groups is 1. The highest BCUT2D eigenvalue weighted by atomic mass is 16.5. The Bertz CT molecular complexity index is 347. The van der Waals surface area contributed by atoms with E-state index in [-0.39, 0.29) is 0 Å². The zero-order valence-corrected chi connectivity index (χ0v) is 8.70. The molecule has 0 radical (unpaired) electrons. The van der Waals surface area contributed by atoms with Gasteiger partial charge in [-0.3, -0.25) is 0 Å². The molecule has 2 N–H and O–H groups in total. The molecule has 3 nitrogen and oxygen atoms in total. The topological polar surface area (TPSA) is 52.3 Å². The van der Waals surface area contributed by atoms with Crippen molar-refractivity contribution >= 4 is 6.29 Å². The first-order valence-corrected chi connectivity index (χ1v) is 4.46. The van der Waals surface area contributed by atoms with Gasteiger partial charge >= 0.3 is 0 Å². The Kier molecular flexibility index (Phi) is 3.25. The summed E-state index contributed by atoms with van der Waals surface area (Å²) < 4.78 is 5.17. The van der Waals surface area contributed by atoms with Gasteiger partial charge in [-0.15, -0.1) is 0 Å². The Hall–Kier alpha value is -1.35. The predicted molar refractivity (Wildman–Crippen MR) is 55.5 cm³/mol. The van der Waals surface area contributed by atoms with E-state index in [1.165, 1.54) is 0 Å². The zero-order valence-electron chi connectivity index (χ0n) is 8.70. The first kappa shape index (κ1) is 10.7. The third-order valence-corrected chi connectivity index (χ3v) is 2.51. The average Bonchev–Trinajstić information content (AvgIpc) is 2.21. The summed E-state index contributed by atoms with van der Waals surface area (Å²) in [4.78, 5) is 10.6. The van der Waals surface area contributed by atoms with Crippen LogP contribution < -0.4 is 10.5 Å². The lowest BCUT2D eigenvalue weighted by Gasteiger charge is -2.14.